The molecule has 0 fully saturated rings. The fourth-order valence-corrected chi connectivity index (χ4v) is 2.41. The average molecular weight is 273 g/mol. The minimum Gasteiger partial charge on any atom is -0.496 e. The summed E-state index contributed by atoms with van der Waals surface area (Å²) >= 11 is 0. The van der Waals surface area contributed by atoms with Crippen molar-refractivity contribution in [2.24, 2.45) is 0 Å². The van der Waals surface area contributed by atoms with Crippen LogP contribution in [0.15, 0.2) is 23.0 Å². The molecule has 0 amide bonds. The summed E-state index contributed by atoms with van der Waals surface area (Å²) in [6.07, 6.45) is 4.93. The molecule has 0 bridgehead atoms. The monoisotopic (exact) mass is 273 g/mol. The van der Waals surface area contributed by atoms with Gasteiger partial charge in [-0.25, -0.2) is 0 Å². The first-order valence-corrected chi connectivity index (χ1v) is 6.88. The van der Waals surface area contributed by atoms with E-state index < -0.39 is 0 Å². The van der Waals surface area contributed by atoms with Crippen molar-refractivity contribution in [3.05, 3.63) is 39.7 Å². The summed E-state index contributed by atoms with van der Waals surface area (Å²) < 4.78 is 5.17. The van der Waals surface area contributed by atoms with Gasteiger partial charge in [-0.05, 0) is 24.5 Å². The lowest BCUT2D eigenvalue weighted by molar-refractivity contribution is 0.112. The molecule has 1 N–H and O–H groups in total. The Morgan fingerprint density at radius 2 is 2.05 bits per heavy atom. The number of aryl methyl sites for hydroxylation is 1. The van der Waals surface area contributed by atoms with Crippen LogP contribution in [0.4, 0.5) is 0 Å². The molecule has 2 aromatic rings. The van der Waals surface area contributed by atoms with Gasteiger partial charge in [0.2, 0.25) is 5.56 Å². The van der Waals surface area contributed by atoms with Crippen molar-refractivity contribution >= 4 is 17.2 Å². The quantitative estimate of drug-likeness (QED) is 0.650. The summed E-state index contributed by atoms with van der Waals surface area (Å²) in [4.78, 5) is 25.6. The van der Waals surface area contributed by atoms with Gasteiger partial charge in [-0.1, -0.05) is 19.8 Å². The molecule has 1 aromatic carbocycles. The topological polar surface area (TPSA) is 59.2 Å². The highest BCUT2D eigenvalue weighted by atomic mass is 16.5. The zero-order valence-electron chi connectivity index (χ0n) is 11.9. The molecule has 1 heterocycles. The number of hydrogen-bond acceptors (Lipinski definition) is 3. The molecule has 0 aliphatic heterocycles. The van der Waals surface area contributed by atoms with Crippen molar-refractivity contribution in [2.75, 3.05) is 7.11 Å². The number of rotatable bonds is 6. The zero-order chi connectivity index (χ0) is 14.5. The van der Waals surface area contributed by atoms with Gasteiger partial charge in [0, 0.05) is 17.5 Å². The number of aldehydes is 1. The zero-order valence-corrected chi connectivity index (χ0v) is 11.9. The summed E-state index contributed by atoms with van der Waals surface area (Å²) in [6, 6.07) is 5.13. The SMILES string of the molecule is CCCCCc1cc(=O)[nH]c2cc(OC)c(C=O)cc12. The van der Waals surface area contributed by atoms with Crippen LogP contribution in [0.25, 0.3) is 10.9 Å². The highest BCUT2D eigenvalue weighted by Gasteiger charge is 2.09. The van der Waals surface area contributed by atoms with Crippen LogP contribution in [-0.2, 0) is 6.42 Å². The van der Waals surface area contributed by atoms with Crippen molar-refractivity contribution < 1.29 is 9.53 Å². The lowest BCUT2D eigenvalue weighted by Crippen LogP contribution is -2.07. The molecule has 0 atom stereocenters. The van der Waals surface area contributed by atoms with Gasteiger partial charge in [-0.15, -0.1) is 0 Å². The Kier molecular flexibility index (Phi) is 4.56. The van der Waals surface area contributed by atoms with Crippen LogP contribution in [0.5, 0.6) is 5.75 Å². The second kappa shape index (κ2) is 6.37. The maximum Gasteiger partial charge on any atom is 0.248 e. The van der Waals surface area contributed by atoms with Crippen molar-refractivity contribution in [3.63, 3.8) is 0 Å². The molecule has 0 saturated carbocycles. The van der Waals surface area contributed by atoms with E-state index in [9.17, 15) is 9.59 Å². The number of pyridine rings is 1. The summed E-state index contributed by atoms with van der Waals surface area (Å²) in [7, 11) is 1.51. The van der Waals surface area contributed by atoms with E-state index in [2.05, 4.69) is 11.9 Å². The molecule has 0 radical (unpaired) electrons. The number of ether oxygens (including phenoxy) is 1. The number of methoxy groups -OCH3 is 1. The summed E-state index contributed by atoms with van der Waals surface area (Å²) in [5.74, 6) is 0.480. The van der Waals surface area contributed by atoms with Crippen molar-refractivity contribution in [2.45, 2.75) is 32.6 Å². The fourth-order valence-electron chi connectivity index (χ4n) is 2.41. The molecule has 0 spiro atoms. The smallest absolute Gasteiger partial charge is 0.248 e. The van der Waals surface area contributed by atoms with E-state index in [-0.39, 0.29) is 5.56 Å². The molecule has 1 aromatic heterocycles. The largest absolute Gasteiger partial charge is 0.496 e. The van der Waals surface area contributed by atoms with Gasteiger partial charge in [-0.2, -0.15) is 0 Å². The molecular weight excluding hydrogens is 254 g/mol. The number of fused-ring (bicyclic) bond motifs is 1. The number of carbonyl (C=O) groups excluding carboxylic acids is 1. The van der Waals surface area contributed by atoms with Crippen LogP contribution >= 0.6 is 0 Å². The van der Waals surface area contributed by atoms with Gasteiger partial charge >= 0.3 is 0 Å². The van der Waals surface area contributed by atoms with E-state index in [0.717, 1.165) is 42.9 Å². The van der Waals surface area contributed by atoms with Crippen molar-refractivity contribution in [3.8, 4) is 5.75 Å². The molecule has 20 heavy (non-hydrogen) atoms. The Hall–Kier alpha value is -2.10. The van der Waals surface area contributed by atoms with Gasteiger partial charge in [0.1, 0.15) is 5.75 Å². The molecule has 0 saturated heterocycles. The van der Waals surface area contributed by atoms with E-state index >= 15 is 0 Å². The number of nitrogens with one attached hydrogen (secondary N) is 1. The van der Waals surface area contributed by atoms with Crippen LogP contribution in [0.2, 0.25) is 0 Å². The van der Waals surface area contributed by atoms with E-state index in [1.54, 1.807) is 18.2 Å². The lowest BCUT2D eigenvalue weighted by Gasteiger charge is -2.09. The number of benzene rings is 1. The van der Waals surface area contributed by atoms with Gasteiger partial charge < -0.3 is 9.72 Å². The Bertz CT molecular complexity index is 673. The number of carbonyl (C=O) groups is 1. The predicted octanol–water partition coefficient (Wildman–Crippen LogP) is 3.08. The second-order valence-corrected chi connectivity index (χ2v) is 4.87. The summed E-state index contributed by atoms with van der Waals surface area (Å²) in [5, 5.41) is 0.920. The fraction of sp³-hybridized carbons (Fsp3) is 0.375. The molecule has 106 valence electrons. The number of aromatic nitrogens is 1. The standard InChI is InChI=1S/C16H19NO3/c1-3-4-5-6-11-8-16(19)17-14-9-15(20-2)12(10-18)7-13(11)14/h7-10H,3-6H2,1-2H3,(H,17,19). The van der Waals surface area contributed by atoms with Crippen molar-refractivity contribution in [1.29, 1.82) is 0 Å². The predicted molar refractivity (Wildman–Crippen MR) is 79.7 cm³/mol. The molecule has 0 unspecified atom stereocenters. The minimum atomic E-state index is -0.120. The van der Waals surface area contributed by atoms with Crippen LogP contribution in [0, 0.1) is 0 Å². The number of aromatic amines is 1. The third-order valence-electron chi connectivity index (χ3n) is 3.46. The molecule has 0 aliphatic rings. The first-order valence-electron chi connectivity index (χ1n) is 6.88. The van der Waals surface area contributed by atoms with Crippen LogP contribution in [0.3, 0.4) is 0 Å². The van der Waals surface area contributed by atoms with E-state index in [1.165, 1.54) is 7.11 Å². The van der Waals surface area contributed by atoms with E-state index in [4.69, 9.17) is 4.74 Å². The van der Waals surface area contributed by atoms with E-state index in [0.29, 0.717) is 16.8 Å². The first-order chi connectivity index (χ1) is 9.69. The lowest BCUT2D eigenvalue weighted by atomic mass is 10.0. The van der Waals surface area contributed by atoms with Gasteiger partial charge in [0.05, 0.1) is 18.2 Å². The number of hydrogen-bond donors (Lipinski definition) is 1. The Morgan fingerprint density at radius 3 is 2.70 bits per heavy atom. The average Bonchev–Trinajstić information content (AvgIpc) is 2.45. The maximum atomic E-state index is 11.7. The van der Waals surface area contributed by atoms with Gasteiger partial charge in [0.15, 0.2) is 6.29 Å². The molecule has 2 rings (SSSR count). The van der Waals surface area contributed by atoms with E-state index in [1.807, 2.05) is 0 Å². The Labute approximate surface area is 117 Å². The summed E-state index contributed by atoms with van der Waals surface area (Å²) in [6.45, 7) is 2.14. The van der Waals surface area contributed by atoms with Gasteiger partial charge in [-0.3, -0.25) is 9.59 Å². The number of H-pyrrole nitrogens is 1. The second-order valence-electron chi connectivity index (χ2n) is 4.87. The van der Waals surface area contributed by atoms with Gasteiger partial charge in [0.25, 0.3) is 0 Å². The molecule has 4 heteroatoms. The number of unbranched alkanes of at least 4 members (excludes halogenated alkanes) is 2. The summed E-state index contributed by atoms with van der Waals surface area (Å²) in [5.41, 5.74) is 2.09. The van der Waals surface area contributed by atoms with Crippen molar-refractivity contribution in [1.82, 2.24) is 4.98 Å². The molecule has 0 aliphatic carbocycles. The normalized spacial score (nSPS) is 10.7. The van der Waals surface area contributed by atoms with Crippen LogP contribution in [0.1, 0.15) is 42.1 Å². The Balaban J connectivity index is 2.56. The highest BCUT2D eigenvalue weighted by Crippen LogP contribution is 2.25. The van der Waals surface area contributed by atoms with Crippen LogP contribution < -0.4 is 10.3 Å². The minimum absolute atomic E-state index is 0.120. The van der Waals surface area contributed by atoms with Crippen LogP contribution in [-0.4, -0.2) is 18.4 Å². The third kappa shape index (κ3) is 2.90. The maximum absolute atomic E-state index is 11.7. The first kappa shape index (κ1) is 14.3. The Morgan fingerprint density at radius 1 is 1.25 bits per heavy atom. The molecular formula is C16H19NO3. The highest BCUT2D eigenvalue weighted by molar-refractivity contribution is 5.92. The third-order valence-corrected chi connectivity index (χ3v) is 3.46. The molecule has 4 nitrogen and oxygen atoms in total.